The van der Waals surface area contributed by atoms with Crippen molar-refractivity contribution >= 4 is 17.5 Å². The van der Waals surface area contributed by atoms with Gasteiger partial charge >= 0.3 is 6.18 Å². The quantitative estimate of drug-likeness (QED) is 0.500. The summed E-state index contributed by atoms with van der Waals surface area (Å²) in [6, 6.07) is 10.4. The van der Waals surface area contributed by atoms with Crippen molar-refractivity contribution < 1.29 is 31.9 Å². The van der Waals surface area contributed by atoms with Gasteiger partial charge in [-0.25, -0.2) is 4.39 Å². The molecule has 0 saturated heterocycles. The number of anilines is 1. The predicted octanol–water partition coefficient (Wildman–Crippen LogP) is 5.60. The average Bonchev–Trinajstić information content (AvgIpc) is 2.70. The summed E-state index contributed by atoms with van der Waals surface area (Å²) < 4.78 is 58.7. The maximum absolute atomic E-state index is 13.4. The fraction of sp³-hybridized carbons (Fsp3) is 0.130. The van der Waals surface area contributed by atoms with Crippen molar-refractivity contribution in [3.63, 3.8) is 0 Å². The molecule has 5 nitrogen and oxygen atoms in total. The Hall–Kier alpha value is -3.88. The van der Waals surface area contributed by atoms with Crippen LogP contribution in [0.2, 0.25) is 0 Å². The molecule has 3 aromatic rings. The minimum atomic E-state index is -4.69. The van der Waals surface area contributed by atoms with Crippen LogP contribution in [0, 0.1) is 19.7 Å². The first-order valence-corrected chi connectivity index (χ1v) is 9.33. The zero-order chi connectivity index (χ0) is 23.6. The van der Waals surface area contributed by atoms with Crippen molar-refractivity contribution in [3.8, 4) is 11.5 Å². The molecule has 0 aliphatic carbocycles. The van der Waals surface area contributed by atoms with Crippen molar-refractivity contribution in [3.05, 3.63) is 88.2 Å². The molecule has 2 amide bonds. The van der Waals surface area contributed by atoms with Gasteiger partial charge in [0.1, 0.15) is 17.3 Å². The summed E-state index contributed by atoms with van der Waals surface area (Å²) in [4.78, 5) is 24.4. The highest BCUT2D eigenvalue weighted by atomic mass is 19.4. The van der Waals surface area contributed by atoms with E-state index in [0.29, 0.717) is 17.2 Å². The number of hydrogen-bond acceptors (Lipinski definition) is 3. The maximum Gasteiger partial charge on any atom is 0.416 e. The van der Waals surface area contributed by atoms with Gasteiger partial charge in [0.2, 0.25) is 5.91 Å². The van der Waals surface area contributed by atoms with Gasteiger partial charge < -0.3 is 15.8 Å². The van der Waals surface area contributed by atoms with Crippen LogP contribution in [0.25, 0.3) is 0 Å². The van der Waals surface area contributed by atoms with Crippen LogP contribution in [0.1, 0.15) is 37.4 Å². The molecule has 0 saturated carbocycles. The standard InChI is InChI=1S/C23H18F4N2O3/c1-12-3-6-16(11-17(12)21(28)30)29-22(31)18-10-14(23(25,26)27)4-7-20(18)32-19-8-5-15(24)9-13(19)2/h3-11H,1-2H3,(H2,28,30)(H,29,31). The molecule has 0 heterocycles. The Balaban J connectivity index is 2.01. The van der Waals surface area contributed by atoms with E-state index in [0.717, 1.165) is 18.2 Å². The molecule has 3 N–H and O–H groups in total. The highest BCUT2D eigenvalue weighted by Gasteiger charge is 2.32. The molecule has 0 radical (unpaired) electrons. The number of carbonyl (C=O) groups is 2. The monoisotopic (exact) mass is 446 g/mol. The lowest BCUT2D eigenvalue weighted by atomic mass is 10.1. The largest absolute Gasteiger partial charge is 0.456 e. The topological polar surface area (TPSA) is 81.4 Å². The molecule has 3 aromatic carbocycles. The molecule has 0 bridgehead atoms. The zero-order valence-electron chi connectivity index (χ0n) is 17.0. The fourth-order valence-electron chi connectivity index (χ4n) is 2.98. The number of carbonyl (C=O) groups excluding carboxylic acids is 2. The first-order valence-electron chi connectivity index (χ1n) is 9.33. The van der Waals surface area contributed by atoms with E-state index in [9.17, 15) is 27.2 Å². The molecular weight excluding hydrogens is 428 g/mol. The van der Waals surface area contributed by atoms with E-state index in [2.05, 4.69) is 5.32 Å². The van der Waals surface area contributed by atoms with Crippen LogP contribution in [0.4, 0.5) is 23.2 Å². The number of alkyl halides is 3. The minimum Gasteiger partial charge on any atom is -0.456 e. The second-order valence-electron chi connectivity index (χ2n) is 7.07. The smallest absolute Gasteiger partial charge is 0.416 e. The highest BCUT2D eigenvalue weighted by Crippen LogP contribution is 2.35. The van der Waals surface area contributed by atoms with Gasteiger partial charge in [-0.15, -0.1) is 0 Å². The van der Waals surface area contributed by atoms with E-state index in [4.69, 9.17) is 10.5 Å². The molecule has 9 heteroatoms. The van der Waals surface area contributed by atoms with Crippen LogP contribution >= 0.6 is 0 Å². The zero-order valence-corrected chi connectivity index (χ0v) is 17.0. The molecule has 0 fully saturated rings. The number of benzene rings is 3. The molecule has 0 spiro atoms. The molecule has 0 aliphatic heterocycles. The van der Waals surface area contributed by atoms with Gasteiger partial charge in [0.05, 0.1) is 11.1 Å². The normalized spacial score (nSPS) is 11.2. The lowest BCUT2D eigenvalue weighted by molar-refractivity contribution is -0.137. The number of nitrogens with one attached hydrogen (secondary N) is 1. The SMILES string of the molecule is Cc1cc(F)ccc1Oc1ccc(C(F)(F)F)cc1C(=O)Nc1ccc(C)c(C(N)=O)c1. The van der Waals surface area contributed by atoms with Gasteiger partial charge in [-0.1, -0.05) is 6.07 Å². The van der Waals surface area contributed by atoms with Crippen LogP contribution in [0.15, 0.2) is 54.6 Å². The average molecular weight is 446 g/mol. The van der Waals surface area contributed by atoms with Crippen LogP contribution in [0.5, 0.6) is 11.5 Å². The third-order valence-corrected chi connectivity index (χ3v) is 4.67. The van der Waals surface area contributed by atoms with Crippen LogP contribution in [-0.4, -0.2) is 11.8 Å². The Bertz CT molecular complexity index is 1210. The van der Waals surface area contributed by atoms with Crippen molar-refractivity contribution in [2.24, 2.45) is 5.73 Å². The molecule has 0 aliphatic rings. The number of amides is 2. The Morgan fingerprint density at radius 3 is 2.19 bits per heavy atom. The number of ether oxygens (including phenoxy) is 1. The van der Waals surface area contributed by atoms with Gasteiger partial charge in [0, 0.05) is 11.3 Å². The van der Waals surface area contributed by atoms with Gasteiger partial charge in [-0.05, 0) is 73.5 Å². The van der Waals surface area contributed by atoms with Gasteiger partial charge in [0.15, 0.2) is 0 Å². The summed E-state index contributed by atoms with van der Waals surface area (Å²) in [6.45, 7) is 3.20. The first kappa shape index (κ1) is 22.8. The predicted molar refractivity (Wildman–Crippen MR) is 110 cm³/mol. The van der Waals surface area contributed by atoms with Crippen LogP contribution in [0.3, 0.4) is 0 Å². The second kappa shape index (κ2) is 8.70. The van der Waals surface area contributed by atoms with Gasteiger partial charge in [-0.3, -0.25) is 9.59 Å². The molecule has 3 rings (SSSR count). The van der Waals surface area contributed by atoms with Gasteiger partial charge in [-0.2, -0.15) is 13.2 Å². The maximum atomic E-state index is 13.4. The number of primary amides is 1. The number of nitrogens with two attached hydrogens (primary N) is 1. The number of hydrogen-bond donors (Lipinski definition) is 2. The Morgan fingerprint density at radius 1 is 0.875 bits per heavy atom. The van der Waals surface area contributed by atoms with Gasteiger partial charge in [0.25, 0.3) is 5.91 Å². The van der Waals surface area contributed by atoms with Crippen LogP contribution in [-0.2, 0) is 6.18 Å². The van der Waals surface area contributed by atoms with Crippen molar-refractivity contribution in [2.75, 3.05) is 5.32 Å². The van der Waals surface area contributed by atoms with E-state index in [1.54, 1.807) is 19.9 Å². The van der Waals surface area contributed by atoms with Crippen molar-refractivity contribution in [1.82, 2.24) is 0 Å². The molecule has 0 unspecified atom stereocenters. The van der Waals surface area contributed by atoms with E-state index in [1.807, 2.05) is 0 Å². The molecular formula is C23H18F4N2O3. The summed E-state index contributed by atoms with van der Waals surface area (Å²) in [6.07, 6.45) is -4.69. The molecule has 166 valence electrons. The first-order chi connectivity index (χ1) is 15.0. The molecule has 0 aromatic heterocycles. The summed E-state index contributed by atoms with van der Waals surface area (Å²) >= 11 is 0. The fourth-order valence-corrected chi connectivity index (χ4v) is 2.98. The summed E-state index contributed by atoms with van der Waals surface area (Å²) in [5.74, 6) is -2.11. The number of aryl methyl sites for hydroxylation is 2. The van der Waals surface area contributed by atoms with E-state index >= 15 is 0 Å². The summed E-state index contributed by atoms with van der Waals surface area (Å²) in [7, 11) is 0. The van der Waals surface area contributed by atoms with E-state index < -0.39 is 34.9 Å². The number of rotatable bonds is 5. The summed E-state index contributed by atoms with van der Waals surface area (Å²) in [5.41, 5.74) is 5.14. The lowest BCUT2D eigenvalue weighted by Crippen LogP contribution is -2.17. The number of halogens is 4. The third-order valence-electron chi connectivity index (χ3n) is 4.67. The van der Waals surface area contributed by atoms with E-state index in [1.165, 1.54) is 24.3 Å². The second-order valence-corrected chi connectivity index (χ2v) is 7.07. The Labute approximate surface area is 180 Å². The lowest BCUT2D eigenvalue weighted by Gasteiger charge is -2.16. The molecule has 0 atom stereocenters. The van der Waals surface area contributed by atoms with Crippen LogP contribution < -0.4 is 15.8 Å². The van der Waals surface area contributed by atoms with E-state index in [-0.39, 0.29) is 22.7 Å². The molecule has 32 heavy (non-hydrogen) atoms. The summed E-state index contributed by atoms with van der Waals surface area (Å²) in [5, 5.41) is 2.46. The van der Waals surface area contributed by atoms with Crippen molar-refractivity contribution in [2.45, 2.75) is 20.0 Å². The Morgan fingerprint density at radius 2 is 1.56 bits per heavy atom. The third kappa shape index (κ3) is 5.05. The minimum absolute atomic E-state index is 0.158. The van der Waals surface area contributed by atoms with Crippen molar-refractivity contribution in [1.29, 1.82) is 0 Å². The Kier molecular flexibility index (Phi) is 6.20. The highest BCUT2D eigenvalue weighted by molar-refractivity contribution is 6.07.